The van der Waals surface area contributed by atoms with Gasteiger partial charge in [-0.25, -0.2) is 0 Å². The number of rotatable bonds is 3. The van der Waals surface area contributed by atoms with Crippen LogP contribution in [0.15, 0.2) is 24.3 Å². The van der Waals surface area contributed by atoms with Gasteiger partial charge in [0.25, 0.3) is 0 Å². The summed E-state index contributed by atoms with van der Waals surface area (Å²) in [6, 6.07) is 7.89. The van der Waals surface area contributed by atoms with Gasteiger partial charge in [0.1, 0.15) is 5.75 Å². The maximum atomic E-state index is 9.33. The molecule has 0 aliphatic carbocycles. The Morgan fingerprint density at radius 3 is 2.87 bits per heavy atom. The number of H-pyrrole nitrogens is 1. The molecule has 3 heteroatoms. The zero-order valence-electron chi connectivity index (χ0n) is 9.04. The number of aromatic amines is 1. The number of hydrogen-bond acceptors (Lipinski definition) is 2. The molecule has 1 aromatic heterocycles. The molecule has 1 heterocycles. The summed E-state index contributed by atoms with van der Waals surface area (Å²) < 4.78 is 0. The SMILES string of the molecule is CC(C)NCc1cc2cc(O)ccc2[nH]1. The van der Waals surface area contributed by atoms with Crippen LogP contribution in [0, 0.1) is 0 Å². The van der Waals surface area contributed by atoms with E-state index in [2.05, 4.69) is 30.2 Å². The average molecular weight is 204 g/mol. The summed E-state index contributed by atoms with van der Waals surface area (Å²) in [5, 5.41) is 13.7. The Balaban J connectivity index is 2.23. The maximum Gasteiger partial charge on any atom is 0.116 e. The maximum absolute atomic E-state index is 9.33. The Hall–Kier alpha value is -1.48. The molecule has 0 spiro atoms. The van der Waals surface area contributed by atoms with Crippen LogP contribution in [0.1, 0.15) is 19.5 Å². The minimum Gasteiger partial charge on any atom is -0.508 e. The largest absolute Gasteiger partial charge is 0.508 e. The van der Waals surface area contributed by atoms with E-state index in [1.54, 1.807) is 12.1 Å². The molecule has 0 aliphatic rings. The number of hydrogen-bond donors (Lipinski definition) is 3. The van der Waals surface area contributed by atoms with Crippen molar-refractivity contribution >= 4 is 10.9 Å². The highest BCUT2D eigenvalue weighted by Crippen LogP contribution is 2.20. The van der Waals surface area contributed by atoms with E-state index < -0.39 is 0 Å². The van der Waals surface area contributed by atoms with Crippen LogP contribution in [-0.4, -0.2) is 16.1 Å². The second-order valence-corrected chi connectivity index (χ2v) is 4.10. The van der Waals surface area contributed by atoms with Gasteiger partial charge in [0, 0.05) is 29.2 Å². The van der Waals surface area contributed by atoms with Gasteiger partial charge in [0.05, 0.1) is 0 Å². The summed E-state index contributed by atoms with van der Waals surface area (Å²) >= 11 is 0. The van der Waals surface area contributed by atoms with Crippen LogP contribution in [0.3, 0.4) is 0 Å². The van der Waals surface area contributed by atoms with Crippen LogP contribution in [0.2, 0.25) is 0 Å². The summed E-state index contributed by atoms with van der Waals surface area (Å²) in [5.41, 5.74) is 2.21. The summed E-state index contributed by atoms with van der Waals surface area (Å²) in [4.78, 5) is 3.30. The van der Waals surface area contributed by atoms with Crippen LogP contribution < -0.4 is 5.32 Å². The molecule has 1 aromatic carbocycles. The predicted molar refractivity (Wildman–Crippen MR) is 61.9 cm³/mol. The van der Waals surface area contributed by atoms with Crippen molar-refractivity contribution in [3.8, 4) is 5.75 Å². The molecule has 0 bridgehead atoms. The van der Waals surface area contributed by atoms with Crippen molar-refractivity contribution in [1.82, 2.24) is 10.3 Å². The third-order valence-corrected chi connectivity index (χ3v) is 2.36. The van der Waals surface area contributed by atoms with Crippen LogP contribution in [0.5, 0.6) is 5.75 Å². The number of fused-ring (bicyclic) bond motifs is 1. The Bertz CT molecular complexity index is 460. The summed E-state index contributed by atoms with van der Waals surface area (Å²) in [5.74, 6) is 0.310. The molecule has 0 radical (unpaired) electrons. The first-order valence-corrected chi connectivity index (χ1v) is 5.19. The minimum atomic E-state index is 0.310. The lowest BCUT2D eigenvalue weighted by atomic mass is 10.2. The number of benzene rings is 1. The molecule has 0 aliphatic heterocycles. The molecule has 0 fully saturated rings. The van der Waals surface area contributed by atoms with E-state index in [9.17, 15) is 5.11 Å². The van der Waals surface area contributed by atoms with Crippen molar-refractivity contribution in [2.24, 2.45) is 0 Å². The van der Waals surface area contributed by atoms with E-state index in [1.165, 1.54) is 0 Å². The lowest BCUT2D eigenvalue weighted by Crippen LogP contribution is -2.21. The highest BCUT2D eigenvalue weighted by molar-refractivity contribution is 5.81. The van der Waals surface area contributed by atoms with Gasteiger partial charge in [-0.3, -0.25) is 0 Å². The molecular formula is C12H16N2O. The summed E-state index contributed by atoms with van der Waals surface area (Å²) in [6.07, 6.45) is 0. The topological polar surface area (TPSA) is 48.0 Å². The molecule has 2 aromatic rings. The van der Waals surface area contributed by atoms with Crippen molar-refractivity contribution in [3.05, 3.63) is 30.0 Å². The van der Waals surface area contributed by atoms with E-state index in [4.69, 9.17) is 0 Å². The summed E-state index contributed by atoms with van der Waals surface area (Å²) in [7, 11) is 0. The Morgan fingerprint density at radius 1 is 1.33 bits per heavy atom. The number of phenolic OH excluding ortho intramolecular Hbond substituents is 1. The average Bonchev–Trinajstić information content (AvgIpc) is 2.56. The number of aromatic nitrogens is 1. The van der Waals surface area contributed by atoms with Gasteiger partial charge in [-0.15, -0.1) is 0 Å². The molecule has 3 nitrogen and oxygen atoms in total. The van der Waals surface area contributed by atoms with Crippen LogP contribution >= 0.6 is 0 Å². The Morgan fingerprint density at radius 2 is 2.13 bits per heavy atom. The molecule has 0 saturated carbocycles. The smallest absolute Gasteiger partial charge is 0.116 e. The van der Waals surface area contributed by atoms with Gasteiger partial charge >= 0.3 is 0 Å². The van der Waals surface area contributed by atoms with E-state index >= 15 is 0 Å². The molecule has 0 saturated heterocycles. The fourth-order valence-corrected chi connectivity index (χ4v) is 1.59. The number of nitrogens with one attached hydrogen (secondary N) is 2. The first-order valence-electron chi connectivity index (χ1n) is 5.19. The van der Waals surface area contributed by atoms with E-state index in [0.717, 1.165) is 23.1 Å². The molecule has 80 valence electrons. The highest BCUT2D eigenvalue weighted by atomic mass is 16.3. The Labute approximate surface area is 89.1 Å². The van der Waals surface area contributed by atoms with Crippen molar-refractivity contribution in [2.45, 2.75) is 26.4 Å². The second kappa shape index (κ2) is 3.95. The quantitative estimate of drug-likeness (QED) is 0.718. The van der Waals surface area contributed by atoms with E-state index in [0.29, 0.717) is 11.8 Å². The van der Waals surface area contributed by atoms with Gasteiger partial charge in [-0.05, 0) is 24.3 Å². The zero-order chi connectivity index (χ0) is 10.8. The lowest BCUT2D eigenvalue weighted by Gasteiger charge is -2.05. The first kappa shape index (κ1) is 10.1. The lowest BCUT2D eigenvalue weighted by molar-refractivity contribution is 0.476. The van der Waals surface area contributed by atoms with Crippen LogP contribution in [0.4, 0.5) is 0 Å². The van der Waals surface area contributed by atoms with E-state index in [1.807, 2.05) is 6.07 Å². The van der Waals surface area contributed by atoms with Crippen molar-refractivity contribution in [1.29, 1.82) is 0 Å². The van der Waals surface area contributed by atoms with Crippen molar-refractivity contribution in [3.63, 3.8) is 0 Å². The molecule has 15 heavy (non-hydrogen) atoms. The Kier molecular flexibility index (Phi) is 2.64. The molecule has 3 N–H and O–H groups in total. The van der Waals surface area contributed by atoms with Gasteiger partial charge in [-0.2, -0.15) is 0 Å². The molecule has 0 amide bonds. The monoisotopic (exact) mass is 204 g/mol. The molecule has 2 rings (SSSR count). The zero-order valence-corrected chi connectivity index (χ0v) is 9.04. The van der Waals surface area contributed by atoms with Crippen LogP contribution in [-0.2, 0) is 6.54 Å². The standard InChI is InChI=1S/C12H16N2O/c1-8(2)13-7-10-5-9-6-11(15)3-4-12(9)14-10/h3-6,8,13-15H,7H2,1-2H3. The van der Waals surface area contributed by atoms with Crippen LogP contribution in [0.25, 0.3) is 10.9 Å². The second-order valence-electron chi connectivity index (χ2n) is 4.10. The van der Waals surface area contributed by atoms with Crippen molar-refractivity contribution < 1.29 is 5.11 Å². The van der Waals surface area contributed by atoms with Crippen molar-refractivity contribution in [2.75, 3.05) is 0 Å². The number of aromatic hydroxyl groups is 1. The van der Waals surface area contributed by atoms with Gasteiger partial charge in [0.2, 0.25) is 0 Å². The highest BCUT2D eigenvalue weighted by Gasteiger charge is 2.01. The predicted octanol–water partition coefficient (Wildman–Crippen LogP) is 2.37. The molecule has 0 atom stereocenters. The molecule has 0 unspecified atom stereocenters. The van der Waals surface area contributed by atoms with E-state index in [-0.39, 0.29) is 0 Å². The van der Waals surface area contributed by atoms with Gasteiger partial charge in [-0.1, -0.05) is 13.8 Å². The third kappa shape index (κ3) is 2.30. The fraction of sp³-hybridized carbons (Fsp3) is 0.333. The normalized spacial score (nSPS) is 11.4. The van der Waals surface area contributed by atoms with Gasteiger partial charge < -0.3 is 15.4 Å². The van der Waals surface area contributed by atoms with Gasteiger partial charge in [0.15, 0.2) is 0 Å². The fourth-order valence-electron chi connectivity index (χ4n) is 1.59. The summed E-state index contributed by atoms with van der Waals surface area (Å²) in [6.45, 7) is 5.07. The first-order chi connectivity index (χ1) is 7.15. The third-order valence-electron chi connectivity index (χ3n) is 2.36. The molecular weight excluding hydrogens is 188 g/mol. The number of phenols is 1. The minimum absolute atomic E-state index is 0.310.